The van der Waals surface area contributed by atoms with E-state index in [1.54, 1.807) is 0 Å². The molecule has 0 aromatic rings. The lowest BCUT2D eigenvalue weighted by molar-refractivity contribution is 0.236. The molecule has 0 spiro atoms. The molecule has 0 aliphatic carbocycles. The van der Waals surface area contributed by atoms with Crippen LogP contribution in [0.2, 0.25) is 0 Å². The zero-order valence-electron chi connectivity index (χ0n) is 9.00. The second kappa shape index (κ2) is 4.43. The van der Waals surface area contributed by atoms with Crippen molar-refractivity contribution in [2.45, 2.75) is 59.0 Å². The monoisotopic (exact) mass is 192 g/mol. The minimum Gasteiger partial charge on any atom is -0.325 e. The zero-order valence-corrected chi connectivity index (χ0v) is 9.89. The van der Waals surface area contributed by atoms with Crippen LogP contribution in [0.5, 0.6) is 0 Å². The van der Waals surface area contributed by atoms with Gasteiger partial charge in [0.1, 0.15) is 0 Å². The van der Waals surface area contributed by atoms with E-state index in [2.05, 4.69) is 0 Å². The van der Waals surface area contributed by atoms with E-state index >= 15 is 0 Å². The van der Waals surface area contributed by atoms with Crippen molar-refractivity contribution < 1.29 is 9.09 Å². The molecule has 0 aromatic carbocycles. The van der Waals surface area contributed by atoms with Crippen LogP contribution in [0.3, 0.4) is 0 Å². The lowest BCUT2D eigenvalue weighted by atomic mass is 10.5. The van der Waals surface area contributed by atoms with E-state index in [1.807, 2.05) is 41.5 Å². The molecule has 0 fully saturated rings. The van der Waals surface area contributed by atoms with E-state index in [1.165, 1.54) is 0 Å². The molecule has 0 heterocycles. The summed E-state index contributed by atoms with van der Waals surface area (Å²) in [6.07, 6.45) is 0.0561. The van der Waals surface area contributed by atoms with Crippen molar-refractivity contribution in [2.75, 3.05) is 0 Å². The Hall–Kier alpha value is 0.190. The minimum atomic E-state index is -2.42. The molecule has 0 bridgehead atoms. The highest BCUT2D eigenvalue weighted by molar-refractivity contribution is 7.60. The highest BCUT2D eigenvalue weighted by atomic mass is 31.2. The van der Waals surface area contributed by atoms with E-state index in [9.17, 15) is 4.57 Å². The van der Waals surface area contributed by atoms with Crippen molar-refractivity contribution in [3.05, 3.63) is 0 Å². The normalized spacial score (nSPS) is 13.4. The summed E-state index contributed by atoms with van der Waals surface area (Å²) in [5.41, 5.74) is 0.250. The summed E-state index contributed by atoms with van der Waals surface area (Å²) in [5, 5.41) is 0. The molecule has 0 N–H and O–H groups in total. The minimum absolute atomic E-state index is 0.0561. The maximum absolute atomic E-state index is 12.2. The summed E-state index contributed by atoms with van der Waals surface area (Å²) in [4.78, 5) is 0. The molecule has 0 atom stereocenters. The molecule has 0 radical (unpaired) electrons. The zero-order chi connectivity index (χ0) is 9.94. The van der Waals surface area contributed by atoms with Gasteiger partial charge in [-0.05, 0) is 13.8 Å². The number of hydrogen-bond acceptors (Lipinski definition) is 2. The molecule has 12 heavy (non-hydrogen) atoms. The third kappa shape index (κ3) is 2.91. The summed E-state index contributed by atoms with van der Waals surface area (Å²) in [5.74, 6) is 0. The van der Waals surface area contributed by atoms with Crippen LogP contribution in [0.25, 0.3) is 0 Å². The van der Waals surface area contributed by atoms with Crippen molar-refractivity contribution in [1.29, 1.82) is 0 Å². The van der Waals surface area contributed by atoms with Crippen LogP contribution in [0.4, 0.5) is 0 Å². The van der Waals surface area contributed by atoms with E-state index in [0.717, 1.165) is 0 Å². The fraction of sp³-hybridized carbons (Fsp3) is 1.00. The summed E-state index contributed by atoms with van der Waals surface area (Å²) < 4.78 is 17.7. The molecule has 0 saturated heterocycles. The molecular weight excluding hydrogens is 171 g/mol. The first-order valence-electron chi connectivity index (χ1n) is 4.58. The van der Waals surface area contributed by atoms with Gasteiger partial charge in [0.15, 0.2) is 0 Å². The van der Waals surface area contributed by atoms with Gasteiger partial charge in [-0.1, -0.05) is 27.7 Å². The SMILES string of the molecule is CC(C)OP(=O)(C(C)C)C(C)C. The molecular formula is C9H21O2P. The Balaban J connectivity index is 4.53. The lowest BCUT2D eigenvalue weighted by Gasteiger charge is -2.27. The Morgan fingerprint density at radius 2 is 1.25 bits per heavy atom. The van der Waals surface area contributed by atoms with Gasteiger partial charge >= 0.3 is 0 Å². The fourth-order valence-corrected chi connectivity index (χ4v) is 3.51. The van der Waals surface area contributed by atoms with Gasteiger partial charge in [-0.15, -0.1) is 0 Å². The number of hydrogen-bond donors (Lipinski definition) is 0. The van der Waals surface area contributed by atoms with E-state index < -0.39 is 7.37 Å². The maximum atomic E-state index is 12.2. The fourth-order valence-electron chi connectivity index (χ4n) is 1.17. The van der Waals surface area contributed by atoms with Crippen LogP contribution in [-0.2, 0) is 9.09 Å². The Kier molecular flexibility index (Phi) is 4.50. The van der Waals surface area contributed by atoms with E-state index in [4.69, 9.17) is 4.52 Å². The van der Waals surface area contributed by atoms with Crippen molar-refractivity contribution in [3.8, 4) is 0 Å². The lowest BCUT2D eigenvalue weighted by Crippen LogP contribution is -2.14. The first kappa shape index (κ1) is 12.2. The Labute approximate surface area is 76.1 Å². The molecule has 0 rings (SSSR count). The largest absolute Gasteiger partial charge is 0.325 e. The van der Waals surface area contributed by atoms with Gasteiger partial charge in [-0.25, -0.2) is 0 Å². The molecule has 3 heteroatoms. The van der Waals surface area contributed by atoms with E-state index in [0.29, 0.717) is 0 Å². The van der Waals surface area contributed by atoms with Crippen LogP contribution >= 0.6 is 7.37 Å². The second-order valence-electron chi connectivity index (χ2n) is 3.99. The summed E-state index contributed by atoms with van der Waals surface area (Å²) in [6, 6.07) is 0. The first-order chi connectivity index (χ1) is 5.30. The standard InChI is InChI=1S/C9H21O2P/c1-7(2)11-12(10,8(3)4)9(5)6/h7-9H,1-6H3. The molecule has 0 aliphatic heterocycles. The van der Waals surface area contributed by atoms with Crippen LogP contribution in [-0.4, -0.2) is 17.4 Å². The van der Waals surface area contributed by atoms with Crippen molar-refractivity contribution in [3.63, 3.8) is 0 Å². The molecule has 0 aliphatic rings. The molecule has 0 saturated carbocycles. The average Bonchev–Trinajstić information content (AvgIpc) is 1.84. The smallest absolute Gasteiger partial charge is 0.208 e. The second-order valence-corrected chi connectivity index (χ2v) is 7.55. The van der Waals surface area contributed by atoms with Crippen LogP contribution in [0.1, 0.15) is 41.5 Å². The van der Waals surface area contributed by atoms with Gasteiger partial charge in [0.2, 0.25) is 7.37 Å². The van der Waals surface area contributed by atoms with Crippen molar-refractivity contribution in [2.24, 2.45) is 0 Å². The Morgan fingerprint density at radius 3 is 1.33 bits per heavy atom. The maximum Gasteiger partial charge on any atom is 0.208 e. The Bertz CT molecular complexity index is 161. The van der Waals surface area contributed by atoms with Crippen molar-refractivity contribution in [1.82, 2.24) is 0 Å². The Morgan fingerprint density at radius 1 is 0.917 bits per heavy atom. The number of rotatable bonds is 4. The predicted octanol–water partition coefficient (Wildman–Crippen LogP) is 3.51. The van der Waals surface area contributed by atoms with Crippen LogP contribution < -0.4 is 0 Å². The van der Waals surface area contributed by atoms with Gasteiger partial charge in [0, 0.05) is 11.3 Å². The summed E-state index contributed by atoms with van der Waals surface area (Å²) in [7, 11) is -2.42. The first-order valence-corrected chi connectivity index (χ1v) is 6.34. The molecule has 0 aromatic heterocycles. The van der Waals surface area contributed by atoms with Crippen LogP contribution in [0, 0.1) is 0 Å². The third-order valence-electron chi connectivity index (χ3n) is 1.82. The third-order valence-corrected chi connectivity index (χ3v) is 5.45. The van der Waals surface area contributed by atoms with Gasteiger partial charge in [-0.3, -0.25) is 4.57 Å². The summed E-state index contributed by atoms with van der Waals surface area (Å²) >= 11 is 0. The topological polar surface area (TPSA) is 26.3 Å². The average molecular weight is 192 g/mol. The van der Waals surface area contributed by atoms with E-state index in [-0.39, 0.29) is 17.4 Å². The highest BCUT2D eigenvalue weighted by Crippen LogP contribution is 2.56. The van der Waals surface area contributed by atoms with Gasteiger partial charge in [0.05, 0.1) is 6.10 Å². The highest BCUT2D eigenvalue weighted by Gasteiger charge is 2.32. The van der Waals surface area contributed by atoms with Crippen molar-refractivity contribution >= 4 is 7.37 Å². The molecule has 74 valence electrons. The summed E-state index contributed by atoms with van der Waals surface area (Å²) in [6.45, 7) is 11.7. The molecule has 2 nitrogen and oxygen atoms in total. The molecule has 0 unspecified atom stereocenters. The molecule has 0 amide bonds. The van der Waals surface area contributed by atoms with Gasteiger partial charge in [-0.2, -0.15) is 0 Å². The van der Waals surface area contributed by atoms with Crippen LogP contribution in [0.15, 0.2) is 0 Å². The predicted molar refractivity (Wildman–Crippen MR) is 54.1 cm³/mol. The quantitative estimate of drug-likeness (QED) is 0.637. The van der Waals surface area contributed by atoms with Gasteiger partial charge < -0.3 is 4.52 Å². The van der Waals surface area contributed by atoms with Gasteiger partial charge in [0.25, 0.3) is 0 Å².